The van der Waals surface area contributed by atoms with Gasteiger partial charge in [-0.2, -0.15) is 0 Å². The van der Waals surface area contributed by atoms with Gasteiger partial charge in [-0.1, -0.05) is 43.3 Å². The third-order valence-electron chi connectivity index (χ3n) is 4.77. The number of hydrogen-bond donors (Lipinski definition) is 0. The average Bonchev–Trinajstić information content (AvgIpc) is 2.78. The van der Waals surface area contributed by atoms with Crippen molar-refractivity contribution in [3.8, 4) is 17.1 Å². The first-order valence-electron chi connectivity index (χ1n) is 10.9. The Labute approximate surface area is 184 Å². The number of unbranched alkanes of at least 4 members (excludes halogenated alkanes) is 2. The Balaban J connectivity index is 1.81. The van der Waals surface area contributed by atoms with Crippen LogP contribution in [-0.2, 0) is 20.7 Å². The molecule has 2 aromatic rings. The molecule has 1 aromatic heterocycles. The van der Waals surface area contributed by atoms with E-state index in [4.69, 9.17) is 9.47 Å². The van der Waals surface area contributed by atoms with E-state index in [1.165, 1.54) is 12.4 Å². The highest BCUT2D eigenvalue weighted by Crippen LogP contribution is 2.19. The molecule has 0 fully saturated rings. The van der Waals surface area contributed by atoms with E-state index in [0.717, 1.165) is 43.2 Å². The van der Waals surface area contributed by atoms with Gasteiger partial charge in [0, 0.05) is 18.4 Å². The maximum Gasteiger partial charge on any atom is 0.311 e. The van der Waals surface area contributed by atoms with Crippen LogP contribution in [0, 0.1) is 0 Å². The zero-order chi connectivity index (χ0) is 22.5. The number of carbonyl (C=O) groups excluding carboxylic acids is 2. The van der Waals surface area contributed by atoms with E-state index in [-0.39, 0.29) is 18.0 Å². The Kier molecular flexibility index (Phi) is 10.4. The highest BCUT2D eigenvalue weighted by molar-refractivity contribution is 5.72. The number of esters is 2. The zero-order valence-electron chi connectivity index (χ0n) is 18.7. The van der Waals surface area contributed by atoms with Gasteiger partial charge in [0.1, 0.15) is 0 Å². The van der Waals surface area contributed by atoms with Gasteiger partial charge in [-0.3, -0.25) is 9.59 Å². The molecule has 0 aliphatic carbocycles. The molecule has 0 radical (unpaired) electrons. The molecule has 6 nitrogen and oxygen atoms in total. The van der Waals surface area contributed by atoms with Crippen LogP contribution in [0.15, 0.2) is 48.8 Å². The van der Waals surface area contributed by atoms with Crippen molar-refractivity contribution in [3.63, 3.8) is 0 Å². The topological polar surface area (TPSA) is 78.4 Å². The van der Waals surface area contributed by atoms with Crippen LogP contribution in [0.5, 0.6) is 5.75 Å². The average molecular weight is 425 g/mol. The van der Waals surface area contributed by atoms with Crippen LogP contribution in [0.25, 0.3) is 11.4 Å². The van der Waals surface area contributed by atoms with Gasteiger partial charge in [0.2, 0.25) is 0 Å². The molecule has 166 valence electrons. The molecule has 0 spiro atoms. The molecule has 0 N–H and O–H groups in total. The van der Waals surface area contributed by atoms with Crippen LogP contribution >= 0.6 is 0 Å². The summed E-state index contributed by atoms with van der Waals surface area (Å²) in [7, 11) is 0. The standard InChI is InChI=1S/C25H32N2O4/c1-4-6-7-8-9-10-24(29)31-22-17-26-25(27-18-22)21-15-13-20(14-16-21)12-11-19(3)30-23(28)5-2/h4,6,13-19H,5,7-12H2,1-3H3. The molecule has 1 unspecified atom stereocenters. The van der Waals surface area contributed by atoms with E-state index in [1.807, 2.05) is 44.2 Å². The molecule has 1 heterocycles. The number of hydrogen-bond acceptors (Lipinski definition) is 6. The quantitative estimate of drug-likeness (QED) is 0.256. The van der Waals surface area contributed by atoms with Crippen molar-refractivity contribution in [3.05, 3.63) is 54.4 Å². The summed E-state index contributed by atoms with van der Waals surface area (Å²) in [5.41, 5.74) is 2.04. The van der Waals surface area contributed by atoms with Crippen molar-refractivity contribution in [1.82, 2.24) is 9.97 Å². The molecule has 1 aromatic carbocycles. The summed E-state index contributed by atoms with van der Waals surface area (Å²) in [4.78, 5) is 31.9. The number of aryl methyl sites for hydroxylation is 1. The van der Waals surface area contributed by atoms with E-state index in [1.54, 1.807) is 6.92 Å². The lowest BCUT2D eigenvalue weighted by atomic mass is 10.1. The number of carbonyl (C=O) groups is 2. The molecule has 0 aliphatic heterocycles. The maximum atomic E-state index is 11.9. The lowest BCUT2D eigenvalue weighted by Gasteiger charge is -2.12. The largest absolute Gasteiger partial charge is 0.463 e. The van der Waals surface area contributed by atoms with E-state index in [0.29, 0.717) is 24.4 Å². The Morgan fingerprint density at radius 3 is 2.42 bits per heavy atom. The Bertz CT molecular complexity index is 845. The first-order valence-corrected chi connectivity index (χ1v) is 10.9. The smallest absolute Gasteiger partial charge is 0.311 e. The summed E-state index contributed by atoms with van der Waals surface area (Å²) in [5.74, 6) is 0.496. The highest BCUT2D eigenvalue weighted by Gasteiger charge is 2.09. The fraction of sp³-hybridized carbons (Fsp3) is 0.440. The van der Waals surface area contributed by atoms with Crippen molar-refractivity contribution in [2.45, 2.75) is 71.8 Å². The summed E-state index contributed by atoms with van der Waals surface area (Å²) >= 11 is 0. The molecule has 0 saturated carbocycles. The normalized spacial score (nSPS) is 12.0. The van der Waals surface area contributed by atoms with Gasteiger partial charge in [-0.05, 0) is 51.5 Å². The predicted octanol–water partition coefficient (Wildman–Crippen LogP) is 5.46. The Hall–Kier alpha value is -3.02. The summed E-state index contributed by atoms with van der Waals surface area (Å²) in [6, 6.07) is 7.97. The lowest BCUT2D eigenvalue weighted by Crippen LogP contribution is -2.14. The number of nitrogens with zero attached hydrogens (tertiary/aromatic N) is 2. The van der Waals surface area contributed by atoms with Gasteiger partial charge in [0.25, 0.3) is 0 Å². The van der Waals surface area contributed by atoms with Crippen molar-refractivity contribution < 1.29 is 19.1 Å². The number of aromatic nitrogens is 2. The minimum Gasteiger partial charge on any atom is -0.463 e. The monoisotopic (exact) mass is 424 g/mol. The van der Waals surface area contributed by atoms with Crippen molar-refractivity contribution in [1.29, 1.82) is 0 Å². The third-order valence-corrected chi connectivity index (χ3v) is 4.77. The summed E-state index contributed by atoms with van der Waals surface area (Å²) in [5, 5.41) is 0. The molecule has 1 atom stereocenters. The van der Waals surface area contributed by atoms with Crippen molar-refractivity contribution in [2.75, 3.05) is 0 Å². The van der Waals surface area contributed by atoms with Gasteiger partial charge in [0.15, 0.2) is 11.6 Å². The zero-order valence-corrected chi connectivity index (χ0v) is 18.7. The lowest BCUT2D eigenvalue weighted by molar-refractivity contribution is -0.148. The van der Waals surface area contributed by atoms with Crippen LogP contribution < -0.4 is 4.74 Å². The molecule has 0 bridgehead atoms. The minimum atomic E-state index is -0.264. The van der Waals surface area contributed by atoms with Crippen LogP contribution in [0.2, 0.25) is 0 Å². The van der Waals surface area contributed by atoms with E-state index in [9.17, 15) is 9.59 Å². The van der Waals surface area contributed by atoms with Crippen LogP contribution in [0.1, 0.15) is 64.9 Å². The van der Waals surface area contributed by atoms with Gasteiger partial charge in [-0.25, -0.2) is 9.97 Å². The number of benzene rings is 1. The summed E-state index contributed by atoms with van der Waals surface area (Å²) < 4.78 is 10.6. The first-order chi connectivity index (χ1) is 15.0. The molecule has 2 rings (SSSR count). The summed E-state index contributed by atoms with van der Waals surface area (Å²) in [6.45, 7) is 5.69. The number of allylic oxidation sites excluding steroid dienone is 2. The van der Waals surface area contributed by atoms with Gasteiger partial charge < -0.3 is 9.47 Å². The second-order valence-corrected chi connectivity index (χ2v) is 7.42. The predicted molar refractivity (Wildman–Crippen MR) is 121 cm³/mol. The number of rotatable bonds is 12. The van der Waals surface area contributed by atoms with E-state index >= 15 is 0 Å². The molecule has 0 aliphatic rings. The van der Waals surface area contributed by atoms with Gasteiger partial charge in [-0.15, -0.1) is 0 Å². The van der Waals surface area contributed by atoms with Crippen molar-refractivity contribution in [2.24, 2.45) is 0 Å². The Morgan fingerprint density at radius 2 is 1.77 bits per heavy atom. The van der Waals surface area contributed by atoms with Crippen LogP contribution in [0.3, 0.4) is 0 Å². The van der Waals surface area contributed by atoms with Crippen LogP contribution in [0.4, 0.5) is 0 Å². The Morgan fingerprint density at radius 1 is 1.06 bits per heavy atom. The SMILES string of the molecule is CC=CCCCCC(=O)Oc1cnc(-c2ccc(CCC(C)OC(=O)CC)cc2)nc1. The van der Waals surface area contributed by atoms with Crippen LogP contribution in [-0.4, -0.2) is 28.0 Å². The molecule has 6 heteroatoms. The second kappa shape index (κ2) is 13.3. The van der Waals surface area contributed by atoms with Gasteiger partial charge >= 0.3 is 11.9 Å². The van der Waals surface area contributed by atoms with Gasteiger partial charge in [0.05, 0.1) is 18.5 Å². The maximum absolute atomic E-state index is 11.9. The minimum absolute atomic E-state index is 0.0982. The third kappa shape index (κ3) is 9.11. The fourth-order valence-corrected chi connectivity index (χ4v) is 2.96. The molecule has 0 saturated heterocycles. The molecule has 0 amide bonds. The van der Waals surface area contributed by atoms with E-state index in [2.05, 4.69) is 16.0 Å². The molecule has 31 heavy (non-hydrogen) atoms. The number of ether oxygens (including phenoxy) is 2. The molecular formula is C25H32N2O4. The highest BCUT2D eigenvalue weighted by atomic mass is 16.5. The first kappa shape index (κ1) is 24.3. The van der Waals surface area contributed by atoms with Crippen molar-refractivity contribution >= 4 is 11.9 Å². The second-order valence-electron chi connectivity index (χ2n) is 7.42. The van der Waals surface area contributed by atoms with E-state index < -0.39 is 0 Å². The summed E-state index contributed by atoms with van der Waals surface area (Å²) in [6.07, 6.45) is 12.2. The fourth-order valence-electron chi connectivity index (χ4n) is 2.96. The molecular weight excluding hydrogens is 392 g/mol.